The van der Waals surface area contributed by atoms with E-state index in [2.05, 4.69) is 0 Å². The summed E-state index contributed by atoms with van der Waals surface area (Å²) >= 11 is 0. The molecular weight excluding hydrogens is 354 g/mol. The highest BCUT2D eigenvalue weighted by molar-refractivity contribution is 5.91. The van der Waals surface area contributed by atoms with Gasteiger partial charge in [-0.3, -0.25) is 19.7 Å². The average Bonchev–Trinajstić information content (AvgIpc) is 3.20. The average molecular weight is 373 g/mol. The Morgan fingerprint density at radius 1 is 1.19 bits per heavy atom. The van der Waals surface area contributed by atoms with Crippen LogP contribution < -0.4 is 4.74 Å². The zero-order chi connectivity index (χ0) is 19.4. The first-order chi connectivity index (χ1) is 13.0. The minimum Gasteiger partial charge on any atom is -0.484 e. The molecule has 0 saturated carbocycles. The number of nitrogens with zero attached hydrogens (tertiary/aromatic N) is 3. The third-order valence-electron chi connectivity index (χ3n) is 4.38. The van der Waals surface area contributed by atoms with Crippen LogP contribution in [0.15, 0.2) is 41.0 Å². The van der Waals surface area contributed by atoms with Gasteiger partial charge in [-0.25, -0.2) is 0 Å². The molecule has 0 atom stereocenters. The summed E-state index contributed by atoms with van der Waals surface area (Å²) in [5.74, 6) is 0.297. The maximum Gasteiger partial charge on any atom is 0.289 e. The first-order valence-corrected chi connectivity index (χ1v) is 8.44. The maximum absolute atomic E-state index is 12.3. The second-order valence-electron chi connectivity index (χ2n) is 6.14. The lowest BCUT2D eigenvalue weighted by Crippen LogP contribution is -2.51. The molecule has 1 aliphatic heterocycles. The van der Waals surface area contributed by atoms with E-state index in [0.717, 1.165) is 0 Å². The zero-order valence-electron chi connectivity index (χ0n) is 14.8. The fraction of sp³-hybridized carbons (Fsp3) is 0.333. The lowest BCUT2D eigenvalue weighted by molar-refractivity contribution is -0.385. The van der Waals surface area contributed by atoms with Crippen LogP contribution in [0.1, 0.15) is 16.1 Å². The van der Waals surface area contributed by atoms with E-state index in [1.165, 1.54) is 24.5 Å². The van der Waals surface area contributed by atoms with Crippen LogP contribution in [0.4, 0.5) is 5.69 Å². The number of nitro groups is 1. The van der Waals surface area contributed by atoms with E-state index in [4.69, 9.17) is 9.15 Å². The molecule has 1 aromatic heterocycles. The Balaban J connectivity index is 1.49. The molecule has 27 heavy (non-hydrogen) atoms. The van der Waals surface area contributed by atoms with Gasteiger partial charge in [-0.15, -0.1) is 0 Å². The quantitative estimate of drug-likeness (QED) is 0.585. The summed E-state index contributed by atoms with van der Waals surface area (Å²) in [5.41, 5.74) is 0.473. The Labute approximate surface area is 155 Å². The van der Waals surface area contributed by atoms with Crippen LogP contribution in [0.25, 0.3) is 0 Å². The van der Waals surface area contributed by atoms with Crippen molar-refractivity contribution in [1.29, 1.82) is 0 Å². The highest BCUT2D eigenvalue weighted by atomic mass is 16.6. The Morgan fingerprint density at radius 2 is 1.89 bits per heavy atom. The van der Waals surface area contributed by atoms with Gasteiger partial charge in [-0.1, -0.05) is 0 Å². The Hall–Kier alpha value is -3.36. The molecule has 0 unspecified atom stereocenters. The lowest BCUT2D eigenvalue weighted by Gasteiger charge is -2.34. The van der Waals surface area contributed by atoms with Crippen LogP contribution in [0.3, 0.4) is 0 Å². The standard InChI is InChI=1S/C18H19N3O6/c1-13-11-14(4-5-15(13)21(24)25)27-12-17(22)19-6-8-20(9-7-19)18(23)16-3-2-10-26-16/h2-5,10-11H,6-9,12H2,1H3. The summed E-state index contributed by atoms with van der Waals surface area (Å²) in [6.45, 7) is 3.11. The number of carbonyl (C=O) groups excluding carboxylic acids is 2. The fourth-order valence-electron chi connectivity index (χ4n) is 2.87. The first kappa shape index (κ1) is 18.4. The summed E-state index contributed by atoms with van der Waals surface area (Å²) in [7, 11) is 0. The third-order valence-corrected chi connectivity index (χ3v) is 4.38. The van der Waals surface area contributed by atoms with Gasteiger partial charge in [0.15, 0.2) is 12.4 Å². The molecule has 1 aliphatic rings. The molecular formula is C18H19N3O6. The molecule has 142 valence electrons. The van der Waals surface area contributed by atoms with Crippen molar-refractivity contribution in [3.05, 3.63) is 58.0 Å². The van der Waals surface area contributed by atoms with Crippen LogP contribution in [0.5, 0.6) is 5.75 Å². The van der Waals surface area contributed by atoms with E-state index in [1.807, 2.05) is 0 Å². The van der Waals surface area contributed by atoms with Crippen LogP contribution in [0.2, 0.25) is 0 Å². The Morgan fingerprint density at radius 3 is 2.48 bits per heavy atom. The molecule has 0 N–H and O–H groups in total. The molecule has 1 fully saturated rings. The maximum atomic E-state index is 12.3. The van der Waals surface area contributed by atoms with E-state index >= 15 is 0 Å². The van der Waals surface area contributed by atoms with Crippen LogP contribution in [0, 0.1) is 17.0 Å². The molecule has 0 bridgehead atoms. The minimum atomic E-state index is -0.465. The fourth-order valence-corrected chi connectivity index (χ4v) is 2.87. The smallest absolute Gasteiger partial charge is 0.289 e. The Kier molecular flexibility index (Phi) is 5.39. The molecule has 9 nitrogen and oxygen atoms in total. The van der Waals surface area contributed by atoms with Crippen molar-refractivity contribution in [3.8, 4) is 5.75 Å². The lowest BCUT2D eigenvalue weighted by atomic mass is 10.2. The molecule has 2 amide bonds. The number of rotatable bonds is 5. The molecule has 2 aromatic rings. The Bertz CT molecular complexity index is 841. The molecule has 0 radical (unpaired) electrons. The number of amides is 2. The number of hydrogen-bond acceptors (Lipinski definition) is 6. The summed E-state index contributed by atoms with van der Waals surface area (Å²) in [4.78, 5) is 38.2. The molecule has 9 heteroatoms. The number of furan rings is 1. The summed E-state index contributed by atoms with van der Waals surface area (Å²) in [6, 6.07) is 7.63. The summed E-state index contributed by atoms with van der Waals surface area (Å²) < 4.78 is 10.6. The van der Waals surface area contributed by atoms with E-state index in [1.54, 1.807) is 28.9 Å². The van der Waals surface area contributed by atoms with Crippen LogP contribution >= 0.6 is 0 Å². The van der Waals surface area contributed by atoms with Gasteiger partial charge in [0, 0.05) is 37.8 Å². The number of benzene rings is 1. The summed E-state index contributed by atoms with van der Waals surface area (Å²) in [5, 5.41) is 10.8. The largest absolute Gasteiger partial charge is 0.484 e. The molecule has 3 rings (SSSR count). The number of piperazine rings is 1. The van der Waals surface area contributed by atoms with Gasteiger partial charge in [0.2, 0.25) is 0 Å². The topological polar surface area (TPSA) is 106 Å². The normalized spacial score (nSPS) is 14.1. The van der Waals surface area contributed by atoms with Crippen molar-refractivity contribution in [1.82, 2.24) is 9.80 Å². The molecule has 0 aliphatic carbocycles. The van der Waals surface area contributed by atoms with Gasteiger partial charge in [0.05, 0.1) is 11.2 Å². The van der Waals surface area contributed by atoms with Crippen molar-refractivity contribution in [2.45, 2.75) is 6.92 Å². The van der Waals surface area contributed by atoms with Gasteiger partial charge < -0.3 is 19.0 Å². The van der Waals surface area contributed by atoms with E-state index in [0.29, 0.717) is 37.5 Å². The van der Waals surface area contributed by atoms with E-state index in [-0.39, 0.29) is 29.9 Å². The van der Waals surface area contributed by atoms with E-state index in [9.17, 15) is 19.7 Å². The second-order valence-corrected chi connectivity index (χ2v) is 6.14. The number of hydrogen-bond donors (Lipinski definition) is 0. The third kappa shape index (κ3) is 4.25. The van der Waals surface area contributed by atoms with Crippen molar-refractivity contribution in [2.75, 3.05) is 32.8 Å². The van der Waals surface area contributed by atoms with Gasteiger partial charge in [0.1, 0.15) is 5.75 Å². The van der Waals surface area contributed by atoms with Crippen molar-refractivity contribution >= 4 is 17.5 Å². The van der Waals surface area contributed by atoms with Gasteiger partial charge in [-0.2, -0.15) is 0 Å². The van der Waals surface area contributed by atoms with Gasteiger partial charge in [0.25, 0.3) is 17.5 Å². The van der Waals surface area contributed by atoms with Crippen LogP contribution in [-0.2, 0) is 4.79 Å². The minimum absolute atomic E-state index is 0.00558. The van der Waals surface area contributed by atoms with Gasteiger partial charge in [-0.05, 0) is 31.2 Å². The second kappa shape index (κ2) is 7.90. The van der Waals surface area contributed by atoms with Crippen LogP contribution in [-0.4, -0.2) is 59.3 Å². The van der Waals surface area contributed by atoms with Gasteiger partial charge >= 0.3 is 0 Å². The SMILES string of the molecule is Cc1cc(OCC(=O)N2CCN(C(=O)c3ccco3)CC2)ccc1[N+](=O)[O-]. The van der Waals surface area contributed by atoms with Crippen molar-refractivity contribution in [2.24, 2.45) is 0 Å². The number of nitro benzene ring substituents is 1. The molecule has 1 aromatic carbocycles. The van der Waals surface area contributed by atoms with Crippen molar-refractivity contribution < 1.29 is 23.7 Å². The molecule has 2 heterocycles. The predicted octanol–water partition coefficient (Wildman–Crippen LogP) is 1.86. The first-order valence-electron chi connectivity index (χ1n) is 8.44. The number of carbonyl (C=O) groups is 2. The van der Waals surface area contributed by atoms with Crippen molar-refractivity contribution in [3.63, 3.8) is 0 Å². The molecule has 0 spiro atoms. The van der Waals surface area contributed by atoms with E-state index < -0.39 is 4.92 Å². The summed E-state index contributed by atoms with van der Waals surface area (Å²) in [6.07, 6.45) is 1.45. The monoisotopic (exact) mass is 373 g/mol. The highest BCUT2D eigenvalue weighted by Gasteiger charge is 2.26. The highest BCUT2D eigenvalue weighted by Crippen LogP contribution is 2.23. The number of aryl methyl sites for hydroxylation is 1. The number of ether oxygens (including phenoxy) is 1. The molecule has 1 saturated heterocycles. The predicted molar refractivity (Wildman–Crippen MR) is 94.5 cm³/mol. The zero-order valence-corrected chi connectivity index (χ0v) is 14.8.